The summed E-state index contributed by atoms with van der Waals surface area (Å²) in [5.74, 6) is 0.138. The van der Waals surface area contributed by atoms with E-state index in [9.17, 15) is 4.79 Å². The smallest absolute Gasteiger partial charge is 0.161 e. The van der Waals surface area contributed by atoms with Crippen LogP contribution in [0.15, 0.2) is 47.5 Å². The van der Waals surface area contributed by atoms with Crippen LogP contribution in [0.4, 0.5) is 0 Å². The Labute approximate surface area is 126 Å². The highest BCUT2D eigenvalue weighted by Gasteiger charge is 2.18. The van der Waals surface area contributed by atoms with Crippen molar-refractivity contribution in [1.29, 1.82) is 0 Å². The lowest BCUT2D eigenvalue weighted by atomic mass is 10.0. The Hall–Kier alpha value is -1.45. The first-order valence-corrected chi connectivity index (χ1v) is 11.2. The zero-order chi connectivity index (χ0) is 14.8. The van der Waals surface area contributed by atoms with Gasteiger partial charge in [0.2, 0.25) is 0 Å². The summed E-state index contributed by atoms with van der Waals surface area (Å²) in [5.41, 5.74) is 5.63. The van der Waals surface area contributed by atoms with Crippen LogP contribution in [0.1, 0.15) is 27.7 Å². The molecular formula is C17H20OSSi. The van der Waals surface area contributed by atoms with Crippen LogP contribution < -0.4 is 0 Å². The molecule has 2 rings (SSSR count). The van der Waals surface area contributed by atoms with Crippen molar-refractivity contribution in [2.75, 3.05) is 0 Å². The van der Waals surface area contributed by atoms with E-state index in [1.54, 1.807) is 18.3 Å². The Morgan fingerprint density at radius 3 is 2.30 bits per heavy atom. The van der Waals surface area contributed by atoms with Crippen molar-refractivity contribution >= 4 is 30.8 Å². The molecule has 0 radical (unpaired) electrons. The van der Waals surface area contributed by atoms with E-state index < -0.39 is 8.07 Å². The molecule has 104 valence electrons. The van der Waals surface area contributed by atoms with Gasteiger partial charge in [-0.2, -0.15) is 0 Å². The number of benzene rings is 1. The fraction of sp³-hybridized carbons (Fsp3) is 0.235. The van der Waals surface area contributed by atoms with Crippen molar-refractivity contribution in [3.63, 3.8) is 0 Å². The summed E-state index contributed by atoms with van der Waals surface area (Å²) in [6, 6.07) is 12.3. The first-order valence-electron chi connectivity index (χ1n) is 6.75. The average molecular weight is 300 g/mol. The van der Waals surface area contributed by atoms with E-state index in [1.807, 2.05) is 17.5 Å². The molecule has 0 amide bonds. The average Bonchev–Trinajstić information content (AvgIpc) is 2.85. The van der Waals surface area contributed by atoms with Crippen LogP contribution >= 0.6 is 11.3 Å². The highest BCUT2D eigenvalue weighted by molar-refractivity contribution is 7.11. The van der Waals surface area contributed by atoms with Gasteiger partial charge in [-0.15, -0.1) is 11.3 Å². The second kappa shape index (κ2) is 5.90. The molecule has 0 saturated carbocycles. The minimum atomic E-state index is -1.38. The third kappa shape index (κ3) is 3.55. The Kier molecular flexibility index (Phi) is 4.41. The van der Waals surface area contributed by atoms with Crippen molar-refractivity contribution in [3.8, 4) is 0 Å². The maximum atomic E-state index is 11.8. The summed E-state index contributed by atoms with van der Waals surface area (Å²) in [4.78, 5) is 12.9. The second-order valence-corrected chi connectivity index (χ2v) is 11.9. The van der Waals surface area contributed by atoms with E-state index in [-0.39, 0.29) is 5.78 Å². The van der Waals surface area contributed by atoms with Gasteiger partial charge < -0.3 is 0 Å². The van der Waals surface area contributed by atoms with Crippen LogP contribution in [0.3, 0.4) is 0 Å². The van der Waals surface area contributed by atoms with Gasteiger partial charge in [-0.05, 0) is 29.5 Å². The molecule has 0 N–H and O–H groups in total. The van der Waals surface area contributed by atoms with Gasteiger partial charge in [0.25, 0.3) is 0 Å². The SMILES string of the molecule is CC(=O)c1ccsc1C(=C[Si](C)(C)C)c1ccccc1. The summed E-state index contributed by atoms with van der Waals surface area (Å²) in [5, 5.41) is 2.01. The maximum absolute atomic E-state index is 11.8. The summed E-state index contributed by atoms with van der Waals surface area (Å²) in [6.07, 6.45) is 0. The Morgan fingerprint density at radius 1 is 1.10 bits per heavy atom. The molecule has 0 saturated heterocycles. The van der Waals surface area contributed by atoms with Crippen LogP contribution in [0, 0.1) is 0 Å². The fourth-order valence-corrected chi connectivity index (χ4v) is 4.39. The standard InChI is InChI=1S/C17H20OSSi/c1-13(18)15-10-11-19-17(15)16(12-20(2,3)4)14-8-6-5-7-9-14/h5-12H,1-4H3. The molecule has 0 aliphatic rings. The molecule has 1 heterocycles. The number of ketones is 1. The lowest BCUT2D eigenvalue weighted by Gasteiger charge is -2.15. The minimum absolute atomic E-state index is 0.138. The lowest BCUT2D eigenvalue weighted by molar-refractivity contribution is 0.101. The molecule has 3 heteroatoms. The number of carbonyl (C=O) groups is 1. The van der Waals surface area contributed by atoms with Gasteiger partial charge in [0, 0.05) is 10.4 Å². The highest BCUT2D eigenvalue weighted by Crippen LogP contribution is 2.32. The first kappa shape index (κ1) is 14.9. The molecular weight excluding hydrogens is 280 g/mol. The summed E-state index contributed by atoms with van der Waals surface area (Å²) in [6.45, 7) is 8.59. The van der Waals surface area contributed by atoms with Gasteiger partial charge in [-0.25, -0.2) is 0 Å². The van der Waals surface area contributed by atoms with E-state index >= 15 is 0 Å². The molecule has 0 unspecified atom stereocenters. The molecule has 2 aromatic rings. The Bertz CT molecular complexity index is 633. The molecule has 0 spiro atoms. The van der Waals surface area contributed by atoms with Gasteiger partial charge in [0.1, 0.15) is 0 Å². The number of rotatable bonds is 4. The fourth-order valence-electron chi connectivity index (χ4n) is 2.13. The highest BCUT2D eigenvalue weighted by atomic mass is 32.1. The van der Waals surface area contributed by atoms with Gasteiger partial charge in [-0.1, -0.05) is 55.7 Å². The topological polar surface area (TPSA) is 17.1 Å². The largest absolute Gasteiger partial charge is 0.294 e. The Balaban J connectivity index is 2.62. The molecule has 0 aliphatic heterocycles. The molecule has 0 atom stereocenters. The van der Waals surface area contributed by atoms with Crippen molar-refractivity contribution in [3.05, 3.63) is 63.5 Å². The van der Waals surface area contributed by atoms with Crippen molar-refractivity contribution in [2.24, 2.45) is 0 Å². The third-order valence-corrected chi connectivity index (χ3v) is 5.05. The van der Waals surface area contributed by atoms with Crippen LogP contribution in [0.25, 0.3) is 5.57 Å². The second-order valence-electron chi connectivity index (χ2n) is 6.01. The summed E-state index contributed by atoms with van der Waals surface area (Å²) in [7, 11) is -1.38. The number of hydrogen-bond donors (Lipinski definition) is 0. The normalized spacial score (nSPS) is 12.5. The van der Waals surface area contributed by atoms with E-state index in [1.165, 1.54) is 11.1 Å². The van der Waals surface area contributed by atoms with Crippen LogP contribution in [-0.4, -0.2) is 13.9 Å². The van der Waals surface area contributed by atoms with E-state index in [2.05, 4.69) is 49.6 Å². The molecule has 1 aromatic heterocycles. The van der Waals surface area contributed by atoms with E-state index in [4.69, 9.17) is 0 Å². The van der Waals surface area contributed by atoms with E-state index in [0.717, 1.165) is 10.4 Å². The van der Waals surface area contributed by atoms with Gasteiger partial charge in [-0.3, -0.25) is 4.79 Å². The minimum Gasteiger partial charge on any atom is -0.294 e. The zero-order valence-corrected chi connectivity index (χ0v) is 14.3. The summed E-state index contributed by atoms with van der Waals surface area (Å²) < 4.78 is 0. The molecule has 1 nitrogen and oxygen atoms in total. The van der Waals surface area contributed by atoms with Crippen molar-refractivity contribution in [1.82, 2.24) is 0 Å². The quantitative estimate of drug-likeness (QED) is 0.556. The van der Waals surface area contributed by atoms with Gasteiger partial charge in [0.05, 0.1) is 8.07 Å². The maximum Gasteiger partial charge on any atom is 0.161 e. The van der Waals surface area contributed by atoms with Crippen molar-refractivity contribution < 1.29 is 4.79 Å². The molecule has 0 fully saturated rings. The zero-order valence-electron chi connectivity index (χ0n) is 12.4. The summed E-state index contributed by atoms with van der Waals surface area (Å²) >= 11 is 1.65. The predicted octanol–water partition coefficient (Wildman–Crippen LogP) is 5.26. The molecule has 0 aliphatic carbocycles. The predicted molar refractivity (Wildman–Crippen MR) is 91.2 cm³/mol. The third-order valence-electron chi connectivity index (χ3n) is 2.95. The molecule has 0 bridgehead atoms. The van der Waals surface area contributed by atoms with Gasteiger partial charge in [0.15, 0.2) is 5.78 Å². The monoisotopic (exact) mass is 300 g/mol. The van der Waals surface area contributed by atoms with Crippen LogP contribution in [0.2, 0.25) is 19.6 Å². The molecule has 1 aromatic carbocycles. The van der Waals surface area contributed by atoms with Crippen LogP contribution in [-0.2, 0) is 0 Å². The molecule has 20 heavy (non-hydrogen) atoms. The number of thiophene rings is 1. The van der Waals surface area contributed by atoms with E-state index in [0.29, 0.717) is 0 Å². The lowest BCUT2D eigenvalue weighted by Crippen LogP contribution is -2.17. The van der Waals surface area contributed by atoms with Crippen LogP contribution in [0.5, 0.6) is 0 Å². The van der Waals surface area contributed by atoms with Gasteiger partial charge >= 0.3 is 0 Å². The first-order chi connectivity index (χ1) is 9.38. The number of Topliss-reactive ketones (excluding diaryl/α,β-unsaturated/α-hetero) is 1. The Morgan fingerprint density at radius 2 is 1.75 bits per heavy atom. The number of carbonyl (C=O) groups excluding carboxylic acids is 1. The number of hydrogen-bond acceptors (Lipinski definition) is 2. The van der Waals surface area contributed by atoms with Crippen molar-refractivity contribution in [2.45, 2.75) is 26.6 Å².